The summed E-state index contributed by atoms with van der Waals surface area (Å²) in [6, 6.07) is 38.3. The summed E-state index contributed by atoms with van der Waals surface area (Å²) in [6.07, 6.45) is 5.50. The molecule has 9 aromatic rings. The van der Waals surface area contributed by atoms with Crippen molar-refractivity contribution in [1.29, 1.82) is 0 Å². The van der Waals surface area contributed by atoms with Crippen LogP contribution in [0.2, 0.25) is 0 Å². The smallest absolute Gasteiger partial charge is 0.145 e. The number of fused-ring (bicyclic) bond motifs is 11. The van der Waals surface area contributed by atoms with Gasteiger partial charge in [0, 0.05) is 51.2 Å². The van der Waals surface area contributed by atoms with Crippen molar-refractivity contribution in [1.82, 2.24) is 24.1 Å². The third kappa shape index (κ3) is 2.73. The first-order valence-electron chi connectivity index (χ1n) is 13.4. The van der Waals surface area contributed by atoms with Gasteiger partial charge in [0.15, 0.2) is 0 Å². The molecule has 0 amide bonds. The molecule has 0 spiro atoms. The highest BCUT2D eigenvalue weighted by molar-refractivity contribution is 6.35. The van der Waals surface area contributed by atoms with E-state index in [1.807, 2.05) is 6.20 Å². The first-order chi connectivity index (χ1) is 19.9. The molecule has 0 fully saturated rings. The average molecular weight is 512 g/mol. The maximum absolute atomic E-state index is 5.01. The molecular weight excluding hydrogens is 490 g/mol. The first-order valence-corrected chi connectivity index (χ1v) is 13.4. The molecule has 0 radical (unpaired) electrons. The molecule has 0 N–H and O–H groups in total. The molecule has 5 aromatic carbocycles. The number of hydrogen-bond acceptors (Lipinski definition) is 3. The van der Waals surface area contributed by atoms with Gasteiger partial charge < -0.3 is 4.57 Å². The van der Waals surface area contributed by atoms with Gasteiger partial charge in [-0.3, -0.25) is 14.5 Å². The molecule has 4 aromatic heterocycles. The number of nitrogens with zero attached hydrogens (tertiary/aromatic N) is 5. The van der Waals surface area contributed by atoms with Crippen LogP contribution in [-0.2, 0) is 0 Å². The molecule has 186 valence electrons. The van der Waals surface area contributed by atoms with Crippen molar-refractivity contribution in [3.05, 3.63) is 128 Å². The minimum atomic E-state index is 0.899. The van der Waals surface area contributed by atoms with Crippen molar-refractivity contribution in [2.24, 2.45) is 0 Å². The van der Waals surface area contributed by atoms with Gasteiger partial charge in [0.1, 0.15) is 5.82 Å². The van der Waals surface area contributed by atoms with Crippen molar-refractivity contribution in [3.63, 3.8) is 0 Å². The third-order valence-corrected chi connectivity index (χ3v) is 8.02. The lowest BCUT2D eigenvalue weighted by Crippen LogP contribution is -2.01. The van der Waals surface area contributed by atoms with Crippen molar-refractivity contribution in [3.8, 4) is 11.5 Å². The van der Waals surface area contributed by atoms with E-state index in [1.165, 1.54) is 0 Å². The molecule has 0 aliphatic heterocycles. The maximum atomic E-state index is 5.01. The van der Waals surface area contributed by atoms with E-state index >= 15 is 0 Å². The average Bonchev–Trinajstić information content (AvgIpc) is 3.55. The lowest BCUT2D eigenvalue weighted by molar-refractivity contribution is 1.09. The molecule has 9 rings (SSSR count). The van der Waals surface area contributed by atoms with E-state index in [0.29, 0.717) is 0 Å². The summed E-state index contributed by atoms with van der Waals surface area (Å²) in [5.41, 5.74) is 7.30. The second-order valence-electron chi connectivity index (χ2n) is 10.1. The fourth-order valence-electron chi connectivity index (χ4n) is 6.46. The van der Waals surface area contributed by atoms with E-state index in [-0.39, 0.29) is 0 Å². The zero-order chi connectivity index (χ0) is 26.2. The quantitative estimate of drug-likeness (QED) is 0.234. The van der Waals surface area contributed by atoms with Crippen LogP contribution in [0.25, 0.3) is 76.9 Å². The Balaban J connectivity index is 1.67. The third-order valence-electron chi connectivity index (χ3n) is 8.02. The Morgan fingerprint density at radius 3 is 1.68 bits per heavy atom. The summed E-state index contributed by atoms with van der Waals surface area (Å²) in [5.74, 6) is 0.902. The number of rotatable bonds is 2. The Morgan fingerprint density at radius 1 is 0.425 bits per heavy atom. The first kappa shape index (κ1) is 21.4. The molecule has 4 heterocycles. The SMILES string of the molecule is c1ccc(-n2c3ccccc3c3c4nccnc4c4c5ccccc5n(-c5nccc6ccccc56)c4c32)cc1. The number of hydrogen-bond donors (Lipinski definition) is 0. The van der Waals surface area contributed by atoms with Crippen LogP contribution in [0.5, 0.6) is 0 Å². The Morgan fingerprint density at radius 2 is 0.975 bits per heavy atom. The predicted molar refractivity (Wildman–Crippen MR) is 164 cm³/mol. The second-order valence-corrected chi connectivity index (χ2v) is 10.1. The summed E-state index contributed by atoms with van der Waals surface area (Å²) in [4.78, 5) is 14.9. The van der Waals surface area contributed by atoms with Gasteiger partial charge in [0.2, 0.25) is 0 Å². The number of benzene rings is 5. The maximum Gasteiger partial charge on any atom is 0.145 e. The lowest BCUT2D eigenvalue weighted by atomic mass is 10.1. The fourth-order valence-corrected chi connectivity index (χ4v) is 6.46. The molecular formula is C35H21N5. The van der Waals surface area contributed by atoms with E-state index < -0.39 is 0 Å². The summed E-state index contributed by atoms with van der Waals surface area (Å²) in [6.45, 7) is 0. The summed E-state index contributed by atoms with van der Waals surface area (Å²) in [5, 5.41) is 6.71. The minimum absolute atomic E-state index is 0.899. The van der Waals surface area contributed by atoms with Gasteiger partial charge in [-0.1, -0.05) is 78.9 Å². The number of aromatic nitrogens is 5. The van der Waals surface area contributed by atoms with Gasteiger partial charge >= 0.3 is 0 Å². The predicted octanol–water partition coefficient (Wildman–Crippen LogP) is 8.37. The van der Waals surface area contributed by atoms with Crippen molar-refractivity contribution >= 4 is 65.4 Å². The molecule has 0 saturated carbocycles. The van der Waals surface area contributed by atoms with E-state index in [9.17, 15) is 0 Å². The van der Waals surface area contributed by atoms with Crippen LogP contribution in [0.4, 0.5) is 0 Å². The van der Waals surface area contributed by atoms with E-state index in [4.69, 9.17) is 15.0 Å². The van der Waals surface area contributed by atoms with Crippen LogP contribution >= 0.6 is 0 Å². The van der Waals surface area contributed by atoms with Crippen LogP contribution in [0.15, 0.2) is 128 Å². The topological polar surface area (TPSA) is 48.5 Å². The van der Waals surface area contributed by atoms with Crippen LogP contribution in [0.3, 0.4) is 0 Å². The van der Waals surface area contributed by atoms with Gasteiger partial charge in [-0.15, -0.1) is 0 Å². The van der Waals surface area contributed by atoms with Gasteiger partial charge in [-0.2, -0.15) is 0 Å². The minimum Gasteiger partial charge on any atom is -0.307 e. The fraction of sp³-hybridized carbons (Fsp3) is 0. The monoisotopic (exact) mass is 511 g/mol. The van der Waals surface area contributed by atoms with Crippen molar-refractivity contribution < 1.29 is 0 Å². The largest absolute Gasteiger partial charge is 0.307 e. The van der Waals surface area contributed by atoms with Crippen LogP contribution in [-0.4, -0.2) is 24.1 Å². The van der Waals surface area contributed by atoms with Gasteiger partial charge in [-0.25, -0.2) is 4.98 Å². The van der Waals surface area contributed by atoms with E-state index in [2.05, 4.69) is 118 Å². The highest BCUT2D eigenvalue weighted by Gasteiger charge is 2.26. The Hall–Kier alpha value is -5.55. The Kier molecular flexibility index (Phi) is 4.27. The van der Waals surface area contributed by atoms with Gasteiger partial charge in [0.25, 0.3) is 0 Å². The van der Waals surface area contributed by atoms with E-state index in [1.54, 1.807) is 12.4 Å². The second kappa shape index (κ2) is 7.98. The molecule has 0 atom stereocenters. The highest BCUT2D eigenvalue weighted by atomic mass is 15.1. The van der Waals surface area contributed by atoms with Crippen LogP contribution < -0.4 is 0 Å². The molecule has 0 aliphatic rings. The Bertz CT molecular complexity index is 2430. The Labute approximate surface area is 228 Å². The zero-order valence-corrected chi connectivity index (χ0v) is 21.4. The molecule has 0 saturated heterocycles. The molecule has 5 nitrogen and oxygen atoms in total. The van der Waals surface area contributed by atoms with Crippen LogP contribution in [0, 0.1) is 0 Å². The summed E-state index contributed by atoms with van der Waals surface area (Å²) in [7, 11) is 0. The molecule has 0 aliphatic carbocycles. The van der Waals surface area contributed by atoms with Gasteiger partial charge in [0.05, 0.1) is 33.1 Å². The molecule has 5 heteroatoms. The van der Waals surface area contributed by atoms with Gasteiger partial charge in [-0.05, 0) is 35.7 Å². The number of pyridine rings is 1. The normalized spacial score (nSPS) is 12.0. The summed E-state index contributed by atoms with van der Waals surface area (Å²) >= 11 is 0. The standard InChI is InChI=1S/C35H21N5/c1-2-11-23(12-3-1)39-27-16-8-6-14-25(27)29-31-32(37-21-20-36-31)30-26-15-7-9-17-28(26)40(34(30)33(29)39)35-24-13-5-4-10-22(24)18-19-38-35/h1-21H. The molecule has 0 bridgehead atoms. The van der Waals surface area contributed by atoms with Crippen molar-refractivity contribution in [2.75, 3.05) is 0 Å². The highest BCUT2D eigenvalue weighted by Crippen LogP contribution is 2.45. The molecule has 40 heavy (non-hydrogen) atoms. The van der Waals surface area contributed by atoms with Crippen molar-refractivity contribution in [2.45, 2.75) is 0 Å². The lowest BCUT2D eigenvalue weighted by Gasteiger charge is -2.14. The molecule has 0 unspecified atom stereocenters. The number of para-hydroxylation sites is 3. The summed E-state index contributed by atoms with van der Waals surface area (Å²) < 4.78 is 4.71. The zero-order valence-electron chi connectivity index (χ0n) is 21.4. The van der Waals surface area contributed by atoms with E-state index in [0.717, 1.165) is 76.9 Å². The van der Waals surface area contributed by atoms with Crippen LogP contribution in [0.1, 0.15) is 0 Å².